The van der Waals surface area contributed by atoms with Crippen LogP contribution in [0.15, 0.2) is 84.5 Å². The fourth-order valence-electron chi connectivity index (χ4n) is 5.35. The largest absolute Gasteiger partial charge is 0.435 e. The second-order valence-electron chi connectivity index (χ2n) is 11.5. The van der Waals surface area contributed by atoms with Gasteiger partial charge in [-0.3, -0.25) is 4.79 Å². The van der Waals surface area contributed by atoms with Gasteiger partial charge < -0.3 is 14.3 Å². The van der Waals surface area contributed by atoms with Crippen LogP contribution in [0.25, 0.3) is 5.57 Å². The summed E-state index contributed by atoms with van der Waals surface area (Å²) in [4.78, 5) is 15.4. The van der Waals surface area contributed by atoms with Crippen molar-refractivity contribution in [1.82, 2.24) is 0 Å². The third-order valence-corrected chi connectivity index (χ3v) is 8.88. The second-order valence-corrected chi connectivity index (χ2v) is 13.3. The minimum absolute atomic E-state index is 0.0999. The standard InChI is InChI=1S/C18H12Cl2F3NO2.C9H5Cl2F3.C9H8O2/c19-14-4-13(5-15(20)6-14)17(18(21,22)23)7-16(24-26-17)10-1-2-11-8-25-9-12(11)3-10;1-5(9(12,13)14)6-2-7(10)4-8(11)3-6;10-4-7-1-2-8-5-11-6-9(8)3-7/h1-6H,7-9H2;2-4H,1H2;1-4H,5-6H2. The maximum Gasteiger partial charge on any atom is 0.435 e. The van der Waals surface area contributed by atoms with Crippen LogP contribution in [0.5, 0.6) is 0 Å². The van der Waals surface area contributed by atoms with Crippen LogP contribution >= 0.6 is 46.4 Å². The van der Waals surface area contributed by atoms with E-state index in [-0.39, 0.29) is 36.9 Å². The highest BCUT2D eigenvalue weighted by Crippen LogP contribution is 2.50. The van der Waals surface area contributed by atoms with E-state index in [0.717, 1.165) is 28.5 Å². The number of carbonyl (C=O) groups excluding carboxylic acids is 1. The summed E-state index contributed by atoms with van der Waals surface area (Å²) < 4.78 is 89.1. The molecule has 0 amide bonds. The van der Waals surface area contributed by atoms with Crippen LogP contribution in [0.4, 0.5) is 26.3 Å². The van der Waals surface area contributed by atoms with E-state index in [9.17, 15) is 31.1 Å². The first kappa shape index (κ1) is 38.6. The Labute approximate surface area is 308 Å². The van der Waals surface area contributed by atoms with Crippen LogP contribution < -0.4 is 0 Å². The zero-order chi connectivity index (χ0) is 37.1. The van der Waals surface area contributed by atoms with E-state index in [4.69, 9.17) is 60.7 Å². The van der Waals surface area contributed by atoms with Crippen LogP contribution in [-0.4, -0.2) is 24.4 Å². The second kappa shape index (κ2) is 15.6. The lowest BCUT2D eigenvalue weighted by atomic mass is 9.86. The average molecular weight is 791 g/mol. The summed E-state index contributed by atoms with van der Waals surface area (Å²) >= 11 is 22.9. The SMILES string of the molecule is C=C(c1cc(Cl)cc(Cl)c1)C(F)(F)F.FC(F)(F)C1(c2cc(Cl)cc(Cl)c2)CC(c2ccc3c(c2)COC3)=NO1.O=Cc1ccc2c(c1)COC2. The van der Waals surface area contributed by atoms with Crippen molar-refractivity contribution in [3.05, 3.63) is 144 Å². The molecule has 4 aromatic rings. The molecule has 3 heterocycles. The fraction of sp³-hybridized carbons (Fsp3) is 0.222. The number of aldehydes is 1. The van der Waals surface area contributed by atoms with Gasteiger partial charge in [-0.05, 0) is 81.9 Å². The minimum atomic E-state index is -4.70. The molecular weight excluding hydrogens is 766 g/mol. The summed E-state index contributed by atoms with van der Waals surface area (Å²) in [7, 11) is 0. The smallest absolute Gasteiger partial charge is 0.374 e. The quantitative estimate of drug-likeness (QED) is 0.153. The van der Waals surface area contributed by atoms with Gasteiger partial charge in [0.15, 0.2) is 0 Å². The predicted octanol–water partition coefficient (Wildman–Crippen LogP) is 11.7. The maximum absolute atomic E-state index is 14.0. The molecule has 1 atom stereocenters. The molecule has 0 bridgehead atoms. The Balaban J connectivity index is 0.000000169. The highest BCUT2D eigenvalue weighted by atomic mass is 35.5. The molecule has 1 unspecified atom stereocenters. The van der Waals surface area contributed by atoms with Gasteiger partial charge in [-0.1, -0.05) is 82.4 Å². The summed E-state index contributed by atoms with van der Waals surface area (Å²) in [6.45, 7) is 5.22. The van der Waals surface area contributed by atoms with Crippen LogP contribution in [-0.2, 0) is 46.3 Å². The molecular formula is C36H25Cl4F6NO4. The van der Waals surface area contributed by atoms with Crippen molar-refractivity contribution in [3.63, 3.8) is 0 Å². The van der Waals surface area contributed by atoms with Gasteiger partial charge in [-0.25, -0.2) is 0 Å². The molecule has 0 aliphatic carbocycles. The summed E-state index contributed by atoms with van der Waals surface area (Å²) in [6.07, 6.45) is -8.77. The van der Waals surface area contributed by atoms with Gasteiger partial charge in [-0.15, -0.1) is 0 Å². The number of carbonyl (C=O) groups is 1. The Morgan fingerprint density at radius 1 is 0.706 bits per heavy atom. The first-order valence-electron chi connectivity index (χ1n) is 14.8. The van der Waals surface area contributed by atoms with Gasteiger partial charge in [0.2, 0.25) is 0 Å². The third kappa shape index (κ3) is 9.08. The number of hydrogen-bond acceptors (Lipinski definition) is 5. The zero-order valence-corrected chi connectivity index (χ0v) is 29.1. The Bertz CT molecular complexity index is 1960. The number of hydrogen-bond donors (Lipinski definition) is 0. The summed E-state index contributed by atoms with van der Waals surface area (Å²) in [6, 6.07) is 18.5. The third-order valence-electron chi connectivity index (χ3n) is 8.00. The van der Waals surface area contributed by atoms with Gasteiger partial charge in [0.1, 0.15) is 6.29 Å². The lowest BCUT2D eigenvalue weighted by Gasteiger charge is -2.29. The lowest BCUT2D eigenvalue weighted by molar-refractivity contribution is -0.275. The summed E-state index contributed by atoms with van der Waals surface area (Å²) in [5.74, 6) is 0. The normalized spacial score (nSPS) is 17.6. The average Bonchev–Trinajstić information content (AvgIpc) is 3.83. The molecule has 15 heteroatoms. The van der Waals surface area contributed by atoms with Crippen molar-refractivity contribution in [2.24, 2.45) is 5.16 Å². The van der Waals surface area contributed by atoms with Crippen LogP contribution in [0, 0.1) is 0 Å². The van der Waals surface area contributed by atoms with Crippen molar-refractivity contribution in [2.75, 3.05) is 0 Å². The van der Waals surface area contributed by atoms with Gasteiger partial charge in [0, 0.05) is 37.6 Å². The van der Waals surface area contributed by atoms with E-state index >= 15 is 0 Å². The molecule has 3 aliphatic heterocycles. The van der Waals surface area contributed by atoms with Crippen molar-refractivity contribution in [1.29, 1.82) is 0 Å². The molecule has 0 spiro atoms. The number of rotatable bonds is 4. The van der Waals surface area contributed by atoms with Crippen LogP contribution in [0.1, 0.15) is 55.7 Å². The van der Waals surface area contributed by atoms with Gasteiger partial charge in [-0.2, -0.15) is 26.3 Å². The highest BCUT2D eigenvalue weighted by Gasteiger charge is 2.62. The Morgan fingerprint density at radius 3 is 1.75 bits per heavy atom. The van der Waals surface area contributed by atoms with E-state index in [1.54, 1.807) is 12.1 Å². The van der Waals surface area contributed by atoms with E-state index in [2.05, 4.69) is 11.7 Å². The molecule has 0 saturated heterocycles. The van der Waals surface area contributed by atoms with Crippen LogP contribution in [0.2, 0.25) is 20.1 Å². The predicted molar refractivity (Wildman–Crippen MR) is 183 cm³/mol. The zero-order valence-electron chi connectivity index (χ0n) is 26.1. The number of benzene rings is 4. The number of allylic oxidation sites excluding steroid dienone is 1. The molecule has 5 nitrogen and oxygen atoms in total. The monoisotopic (exact) mass is 789 g/mol. The molecule has 7 rings (SSSR count). The van der Waals surface area contributed by atoms with E-state index in [0.29, 0.717) is 32.0 Å². The fourth-order valence-corrected chi connectivity index (χ4v) is 6.41. The molecule has 0 saturated carbocycles. The van der Waals surface area contributed by atoms with Crippen LogP contribution in [0.3, 0.4) is 0 Å². The molecule has 51 heavy (non-hydrogen) atoms. The number of ether oxygens (including phenoxy) is 2. The molecule has 0 fully saturated rings. The van der Waals surface area contributed by atoms with Crippen molar-refractivity contribution in [2.45, 2.75) is 50.8 Å². The molecule has 4 aromatic carbocycles. The molecule has 0 radical (unpaired) electrons. The molecule has 0 N–H and O–H groups in total. The highest BCUT2D eigenvalue weighted by molar-refractivity contribution is 6.35. The van der Waals surface area contributed by atoms with Gasteiger partial charge in [0.25, 0.3) is 5.60 Å². The minimum Gasteiger partial charge on any atom is -0.374 e. The number of nitrogens with zero attached hydrogens (tertiary/aromatic N) is 1. The van der Waals surface area contributed by atoms with Gasteiger partial charge in [0.05, 0.1) is 37.7 Å². The Hall–Kier alpha value is -3.58. The van der Waals surface area contributed by atoms with E-state index in [1.165, 1.54) is 42.0 Å². The molecule has 3 aliphatic rings. The molecule has 268 valence electrons. The number of fused-ring (bicyclic) bond motifs is 2. The first-order valence-corrected chi connectivity index (χ1v) is 16.4. The van der Waals surface area contributed by atoms with E-state index < -0.39 is 29.9 Å². The Kier molecular flexibility index (Phi) is 11.8. The lowest BCUT2D eigenvalue weighted by Crippen LogP contribution is -2.42. The molecule has 0 aromatic heterocycles. The van der Waals surface area contributed by atoms with Crippen molar-refractivity contribution < 1.29 is 45.4 Å². The number of alkyl halides is 6. The van der Waals surface area contributed by atoms with Crippen molar-refractivity contribution in [3.8, 4) is 0 Å². The van der Waals surface area contributed by atoms with E-state index in [1.807, 2.05) is 24.3 Å². The van der Waals surface area contributed by atoms with Crippen molar-refractivity contribution >= 4 is 64.0 Å². The number of halogens is 10. The summed E-state index contributed by atoms with van der Waals surface area (Å²) in [5.41, 5.74) is 1.98. The topological polar surface area (TPSA) is 57.1 Å². The first-order chi connectivity index (χ1) is 24.0. The maximum atomic E-state index is 14.0. The summed E-state index contributed by atoms with van der Waals surface area (Å²) in [5, 5.41) is 4.26. The Morgan fingerprint density at radius 2 is 1.22 bits per heavy atom. The van der Waals surface area contributed by atoms with Gasteiger partial charge >= 0.3 is 12.4 Å². The number of oxime groups is 1.